The normalized spacial score (nSPS) is 13.8. The summed E-state index contributed by atoms with van der Waals surface area (Å²) in [7, 11) is 1.62. The maximum atomic E-state index is 11.7. The lowest BCUT2D eigenvalue weighted by atomic mass is 9.98. The Morgan fingerprint density at radius 3 is 2.95 bits per heavy atom. The number of hydrogen-bond donors (Lipinski definition) is 0. The molecule has 0 aromatic carbocycles. The third-order valence-electron chi connectivity index (χ3n) is 3.28. The third-order valence-corrected chi connectivity index (χ3v) is 3.28. The van der Waals surface area contributed by atoms with Crippen molar-refractivity contribution in [2.75, 3.05) is 20.3 Å². The van der Waals surface area contributed by atoms with Crippen molar-refractivity contribution < 1.29 is 13.9 Å². The summed E-state index contributed by atoms with van der Waals surface area (Å²) in [5.74, 6) is 1.08. The molecule has 0 N–H and O–H groups in total. The Morgan fingerprint density at radius 2 is 2.24 bits per heavy atom. The summed E-state index contributed by atoms with van der Waals surface area (Å²) in [5.41, 5.74) is 2.05. The van der Waals surface area contributed by atoms with Gasteiger partial charge in [0.05, 0.1) is 12.2 Å². The van der Waals surface area contributed by atoms with Crippen molar-refractivity contribution in [1.82, 2.24) is 0 Å². The number of ether oxygens (including phenoxy) is 2. The number of nitrogens with zero attached hydrogens (tertiary/aromatic N) is 1. The van der Waals surface area contributed by atoms with Crippen molar-refractivity contribution in [2.45, 2.75) is 32.6 Å². The SMILES string of the molecule is C=C1Cc2oc(=O)cc(CCCC)c2C(OCCOC)=N1. The number of aliphatic imine (C=N–C) groups is 1. The van der Waals surface area contributed by atoms with Gasteiger partial charge in [-0.05, 0) is 18.4 Å². The van der Waals surface area contributed by atoms with Gasteiger partial charge in [0, 0.05) is 25.3 Å². The van der Waals surface area contributed by atoms with Gasteiger partial charge < -0.3 is 13.9 Å². The van der Waals surface area contributed by atoms with Gasteiger partial charge in [-0.1, -0.05) is 19.9 Å². The van der Waals surface area contributed by atoms with E-state index in [-0.39, 0.29) is 5.63 Å². The van der Waals surface area contributed by atoms with Gasteiger partial charge in [-0.25, -0.2) is 9.79 Å². The molecule has 0 unspecified atom stereocenters. The van der Waals surface area contributed by atoms with E-state index in [4.69, 9.17) is 13.9 Å². The number of rotatable bonds is 6. The zero-order chi connectivity index (χ0) is 15.2. The summed E-state index contributed by atoms with van der Waals surface area (Å²) < 4.78 is 16.0. The molecule has 2 heterocycles. The van der Waals surface area contributed by atoms with Gasteiger partial charge in [-0.3, -0.25) is 0 Å². The maximum Gasteiger partial charge on any atom is 0.336 e. The summed E-state index contributed by atoms with van der Waals surface area (Å²) in [6, 6.07) is 1.54. The molecule has 0 amide bonds. The average Bonchev–Trinajstić information content (AvgIpc) is 2.44. The van der Waals surface area contributed by atoms with Gasteiger partial charge in [-0.2, -0.15) is 0 Å². The van der Waals surface area contributed by atoms with Gasteiger partial charge in [0.1, 0.15) is 12.4 Å². The summed E-state index contributed by atoms with van der Waals surface area (Å²) in [6.45, 7) is 6.84. The minimum Gasteiger partial charge on any atom is -0.475 e. The van der Waals surface area contributed by atoms with Gasteiger partial charge >= 0.3 is 5.63 Å². The largest absolute Gasteiger partial charge is 0.475 e. The molecule has 0 aliphatic carbocycles. The lowest BCUT2D eigenvalue weighted by Crippen LogP contribution is -2.21. The van der Waals surface area contributed by atoms with Crippen LogP contribution < -0.4 is 5.63 Å². The number of hydrogen-bond acceptors (Lipinski definition) is 5. The van der Waals surface area contributed by atoms with Crippen LogP contribution in [0.15, 0.2) is 32.5 Å². The first-order valence-corrected chi connectivity index (χ1v) is 7.20. The molecular formula is C16H21NO4. The fourth-order valence-corrected chi connectivity index (χ4v) is 2.29. The van der Waals surface area contributed by atoms with Gasteiger partial charge in [-0.15, -0.1) is 0 Å². The fourth-order valence-electron chi connectivity index (χ4n) is 2.29. The second-order valence-corrected chi connectivity index (χ2v) is 4.99. The Hall–Kier alpha value is -1.88. The number of fused-ring (bicyclic) bond motifs is 1. The maximum absolute atomic E-state index is 11.7. The molecule has 1 aliphatic heterocycles. The standard InChI is InChI=1S/C16H21NO4/c1-4-5-6-12-10-14(18)21-13-9-11(2)17-16(15(12)13)20-8-7-19-3/h10H,2,4-9H2,1,3H3. The van der Waals surface area contributed by atoms with E-state index in [1.54, 1.807) is 7.11 Å². The van der Waals surface area contributed by atoms with Gasteiger partial charge in [0.15, 0.2) is 0 Å². The van der Waals surface area contributed by atoms with E-state index in [1.165, 1.54) is 6.07 Å². The van der Waals surface area contributed by atoms with Crippen LogP contribution in [0.3, 0.4) is 0 Å². The van der Waals surface area contributed by atoms with Crippen LogP contribution in [0.2, 0.25) is 0 Å². The van der Waals surface area contributed by atoms with Crippen LogP contribution in [-0.4, -0.2) is 26.2 Å². The highest BCUT2D eigenvalue weighted by Gasteiger charge is 2.24. The van der Waals surface area contributed by atoms with Crippen LogP contribution in [0.5, 0.6) is 0 Å². The molecule has 5 nitrogen and oxygen atoms in total. The molecule has 0 fully saturated rings. The molecule has 0 spiro atoms. The van der Waals surface area contributed by atoms with E-state index in [0.29, 0.717) is 37.0 Å². The molecular weight excluding hydrogens is 270 g/mol. The first-order valence-electron chi connectivity index (χ1n) is 7.20. The number of methoxy groups -OCH3 is 1. The third kappa shape index (κ3) is 3.82. The number of aryl methyl sites for hydroxylation is 1. The quantitative estimate of drug-likeness (QED) is 0.755. The van der Waals surface area contributed by atoms with Crippen molar-refractivity contribution >= 4 is 5.90 Å². The predicted octanol–water partition coefficient (Wildman–Crippen LogP) is 2.46. The molecule has 1 aliphatic rings. The van der Waals surface area contributed by atoms with Gasteiger partial charge in [0.2, 0.25) is 5.90 Å². The average molecular weight is 291 g/mol. The molecule has 1 aromatic heterocycles. The first kappa shape index (κ1) is 15.5. The van der Waals surface area contributed by atoms with Crippen molar-refractivity contribution in [1.29, 1.82) is 0 Å². The molecule has 21 heavy (non-hydrogen) atoms. The molecule has 1 aromatic rings. The highest BCUT2D eigenvalue weighted by molar-refractivity contribution is 5.98. The van der Waals surface area contributed by atoms with Crippen LogP contribution >= 0.6 is 0 Å². The Labute approximate surface area is 124 Å². The van der Waals surface area contributed by atoms with Crippen molar-refractivity contribution in [3.8, 4) is 0 Å². The fraction of sp³-hybridized carbons (Fsp3) is 0.500. The summed E-state index contributed by atoms with van der Waals surface area (Å²) in [6.07, 6.45) is 3.31. The highest BCUT2D eigenvalue weighted by atomic mass is 16.5. The molecule has 5 heteroatoms. The second-order valence-electron chi connectivity index (χ2n) is 4.99. The molecule has 114 valence electrons. The zero-order valence-corrected chi connectivity index (χ0v) is 12.6. The Balaban J connectivity index is 2.37. The van der Waals surface area contributed by atoms with E-state index < -0.39 is 0 Å². The smallest absolute Gasteiger partial charge is 0.336 e. The summed E-state index contributed by atoms with van der Waals surface area (Å²) in [5, 5.41) is 0. The van der Waals surface area contributed by atoms with Crippen LogP contribution in [0.1, 0.15) is 36.7 Å². The molecule has 0 bridgehead atoms. The van der Waals surface area contributed by atoms with E-state index in [2.05, 4.69) is 18.5 Å². The minimum atomic E-state index is -0.328. The van der Waals surface area contributed by atoms with Crippen LogP contribution in [0.25, 0.3) is 0 Å². The van der Waals surface area contributed by atoms with E-state index >= 15 is 0 Å². The highest BCUT2D eigenvalue weighted by Crippen LogP contribution is 2.24. The van der Waals surface area contributed by atoms with Crippen LogP contribution in [-0.2, 0) is 22.3 Å². The van der Waals surface area contributed by atoms with Crippen LogP contribution in [0.4, 0.5) is 0 Å². The summed E-state index contributed by atoms with van der Waals surface area (Å²) in [4.78, 5) is 16.1. The molecule has 2 rings (SSSR count). The van der Waals surface area contributed by atoms with Crippen molar-refractivity contribution in [3.63, 3.8) is 0 Å². The lowest BCUT2D eigenvalue weighted by molar-refractivity contribution is 0.141. The predicted molar refractivity (Wildman–Crippen MR) is 80.8 cm³/mol. The van der Waals surface area contributed by atoms with Crippen molar-refractivity contribution in [3.05, 3.63) is 45.6 Å². The number of allylic oxidation sites excluding steroid dienone is 1. The Morgan fingerprint density at radius 1 is 1.43 bits per heavy atom. The molecule has 0 atom stereocenters. The van der Waals surface area contributed by atoms with E-state index in [1.807, 2.05) is 0 Å². The van der Waals surface area contributed by atoms with E-state index in [9.17, 15) is 4.79 Å². The Kier molecular flexibility index (Phi) is 5.33. The zero-order valence-electron chi connectivity index (χ0n) is 12.6. The van der Waals surface area contributed by atoms with E-state index in [0.717, 1.165) is 30.4 Å². The monoisotopic (exact) mass is 291 g/mol. The molecule has 0 saturated heterocycles. The topological polar surface area (TPSA) is 61.0 Å². The van der Waals surface area contributed by atoms with Crippen molar-refractivity contribution in [2.24, 2.45) is 4.99 Å². The number of unbranched alkanes of at least 4 members (excludes halogenated alkanes) is 1. The Bertz CT molecular complexity index is 601. The molecule has 0 radical (unpaired) electrons. The second kappa shape index (κ2) is 7.22. The first-order chi connectivity index (χ1) is 10.2. The van der Waals surface area contributed by atoms with Gasteiger partial charge in [0.25, 0.3) is 0 Å². The lowest BCUT2D eigenvalue weighted by Gasteiger charge is -2.19. The van der Waals surface area contributed by atoms with Crippen LogP contribution in [0, 0.1) is 0 Å². The minimum absolute atomic E-state index is 0.328. The molecule has 0 saturated carbocycles. The summed E-state index contributed by atoms with van der Waals surface area (Å²) >= 11 is 0.